The van der Waals surface area contributed by atoms with Crippen LogP contribution in [0.3, 0.4) is 0 Å². The summed E-state index contributed by atoms with van der Waals surface area (Å²) in [5, 5.41) is 0. The molecule has 1 atom stereocenters. The molecule has 1 heterocycles. The molecule has 0 amide bonds. The third-order valence-corrected chi connectivity index (χ3v) is 2.61. The van der Waals surface area contributed by atoms with Gasteiger partial charge in [-0.1, -0.05) is 0 Å². The van der Waals surface area contributed by atoms with Gasteiger partial charge in [-0.3, -0.25) is 4.79 Å². The molecule has 0 spiro atoms. The average Bonchev–Trinajstić information content (AvgIpc) is 2.23. The fourth-order valence-corrected chi connectivity index (χ4v) is 1.67. The van der Waals surface area contributed by atoms with Gasteiger partial charge in [0.25, 0.3) is 0 Å². The first-order valence-electron chi connectivity index (χ1n) is 4.69. The molecule has 1 aromatic carbocycles. The van der Waals surface area contributed by atoms with E-state index in [0.29, 0.717) is 0 Å². The lowest BCUT2D eigenvalue weighted by Crippen LogP contribution is -2.27. The smallest absolute Gasteiger partial charge is 0.165 e. The molecule has 0 aromatic heterocycles. The summed E-state index contributed by atoms with van der Waals surface area (Å²) in [4.78, 5) is 11.1. The van der Waals surface area contributed by atoms with Crippen LogP contribution in [0.2, 0.25) is 0 Å². The number of rotatable bonds is 1. The van der Waals surface area contributed by atoms with E-state index in [9.17, 15) is 13.6 Å². The van der Waals surface area contributed by atoms with Crippen LogP contribution in [0.25, 0.3) is 0 Å². The molecule has 15 heavy (non-hydrogen) atoms. The standard InChI is InChI=1S/C11H10F2O2/c1-6(14)7-4-8-9(12)2-3-10(13)11(8)15-5-7/h2-3,7H,4-5H2,1H3/t7-/m0/s1. The Hall–Kier alpha value is -1.45. The van der Waals surface area contributed by atoms with Crippen molar-refractivity contribution >= 4 is 5.78 Å². The highest BCUT2D eigenvalue weighted by Gasteiger charge is 2.27. The molecule has 0 saturated carbocycles. The molecule has 1 aromatic rings. The van der Waals surface area contributed by atoms with Crippen molar-refractivity contribution in [2.24, 2.45) is 5.92 Å². The summed E-state index contributed by atoms with van der Waals surface area (Å²) in [7, 11) is 0. The summed E-state index contributed by atoms with van der Waals surface area (Å²) in [6, 6.07) is 2.09. The molecule has 0 unspecified atom stereocenters. The van der Waals surface area contributed by atoms with E-state index in [2.05, 4.69) is 0 Å². The van der Waals surface area contributed by atoms with Crippen molar-refractivity contribution in [3.63, 3.8) is 0 Å². The summed E-state index contributed by atoms with van der Waals surface area (Å²) >= 11 is 0. The molecule has 2 nitrogen and oxygen atoms in total. The number of halogens is 2. The number of ether oxygens (including phenoxy) is 1. The van der Waals surface area contributed by atoms with E-state index in [-0.39, 0.29) is 36.0 Å². The first kappa shape index (κ1) is 10.1. The van der Waals surface area contributed by atoms with Crippen LogP contribution >= 0.6 is 0 Å². The van der Waals surface area contributed by atoms with Gasteiger partial charge >= 0.3 is 0 Å². The maximum atomic E-state index is 13.3. The molecular weight excluding hydrogens is 202 g/mol. The molecule has 4 heteroatoms. The Balaban J connectivity index is 2.41. The normalized spacial score (nSPS) is 19.3. The Labute approximate surface area is 85.9 Å². The Bertz CT molecular complexity index is 415. The molecule has 0 radical (unpaired) electrons. The molecule has 0 N–H and O–H groups in total. The zero-order valence-corrected chi connectivity index (χ0v) is 8.22. The van der Waals surface area contributed by atoms with Crippen LogP contribution in [0.5, 0.6) is 5.75 Å². The van der Waals surface area contributed by atoms with Gasteiger partial charge in [-0.05, 0) is 25.5 Å². The van der Waals surface area contributed by atoms with E-state index < -0.39 is 11.6 Å². The van der Waals surface area contributed by atoms with Gasteiger partial charge in [0.2, 0.25) is 0 Å². The summed E-state index contributed by atoms with van der Waals surface area (Å²) in [6.45, 7) is 1.55. The average molecular weight is 212 g/mol. The second-order valence-electron chi connectivity index (χ2n) is 3.66. The van der Waals surface area contributed by atoms with Crippen LogP contribution in [-0.2, 0) is 11.2 Å². The van der Waals surface area contributed by atoms with Gasteiger partial charge in [-0.15, -0.1) is 0 Å². The number of hydrogen-bond donors (Lipinski definition) is 0. The summed E-state index contributed by atoms with van der Waals surface area (Å²) in [6.07, 6.45) is 0.217. The number of fused-ring (bicyclic) bond motifs is 1. The molecule has 0 saturated heterocycles. The molecule has 80 valence electrons. The van der Waals surface area contributed by atoms with Gasteiger partial charge in [0, 0.05) is 5.56 Å². The van der Waals surface area contributed by atoms with Crippen molar-refractivity contribution in [1.29, 1.82) is 0 Å². The lowest BCUT2D eigenvalue weighted by Gasteiger charge is -2.24. The second kappa shape index (κ2) is 3.61. The van der Waals surface area contributed by atoms with E-state index in [1.165, 1.54) is 6.92 Å². The van der Waals surface area contributed by atoms with Crippen LogP contribution in [-0.4, -0.2) is 12.4 Å². The van der Waals surface area contributed by atoms with Gasteiger partial charge in [0.15, 0.2) is 11.6 Å². The van der Waals surface area contributed by atoms with E-state index in [4.69, 9.17) is 4.74 Å². The van der Waals surface area contributed by atoms with Crippen molar-refractivity contribution in [3.8, 4) is 5.75 Å². The lowest BCUT2D eigenvalue weighted by atomic mass is 9.93. The first-order valence-corrected chi connectivity index (χ1v) is 4.69. The topological polar surface area (TPSA) is 26.3 Å². The van der Waals surface area contributed by atoms with Crippen LogP contribution < -0.4 is 4.74 Å². The maximum Gasteiger partial charge on any atom is 0.165 e. The Morgan fingerprint density at radius 2 is 2.07 bits per heavy atom. The third kappa shape index (κ3) is 1.71. The van der Waals surface area contributed by atoms with Crippen molar-refractivity contribution in [2.75, 3.05) is 6.61 Å². The zero-order chi connectivity index (χ0) is 11.0. The molecule has 2 rings (SSSR count). The van der Waals surface area contributed by atoms with E-state index in [0.717, 1.165) is 12.1 Å². The van der Waals surface area contributed by atoms with Crippen molar-refractivity contribution < 1.29 is 18.3 Å². The minimum Gasteiger partial charge on any atom is -0.489 e. The minimum absolute atomic E-state index is 0.0486. The van der Waals surface area contributed by atoms with Crippen molar-refractivity contribution in [1.82, 2.24) is 0 Å². The predicted octanol–water partition coefficient (Wildman–Crippen LogP) is 2.10. The van der Waals surface area contributed by atoms with Gasteiger partial charge in [-0.25, -0.2) is 8.78 Å². The van der Waals surface area contributed by atoms with E-state index in [1.807, 2.05) is 0 Å². The molecule has 1 aliphatic heterocycles. The van der Waals surface area contributed by atoms with Crippen LogP contribution in [0, 0.1) is 17.6 Å². The second-order valence-corrected chi connectivity index (χ2v) is 3.66. The molecule has 0 bridgehead atoms. The molecule has 1 aliphatic rings. The summed E-state index contributed by atoms with van der Waals surface area (Å²) < 4.78 is 31.6. The van der Waals surface area contributed by atoms with E-state index >= 15 is 0 Å². The Morgan fingerprint density at radius 3 is 2.73 bits per heavy atom. The highest BCUT2D eigenvalue weighted by atomic mass is 19.1. The zero-order valence-electron chi connectivity index (χ0n) is 8.22. The first-order chi connectivity index (χ1) is 7.09. The summed E-state index contributed by atoms with van der Waals surface area (Å²) in [5.74, 6) is -1.57. The van der Waals surface area contributed by atoms with Crippen LogP contribution in [0.4, 0.5) is 8.78 Å². The Kier molecular flexibility index (Phi) is 2.42. The lowest BCUT2D eigenvalue weighted by molar-refractivity contribution is -0.122. The number of hydrogen-bond acceptors (Lipinski definition) is 2. The SMILES string of the molecule is CC(=O)[C@@H]1COc2c(F)ccc(F)c2C1. The molecule has 0 aliphatic carbocycles. The number of carbonyl (C=O) groups is 1. The number of Topliss-reactive ketones (excluding diaryl/α,β-unsaturated/α-hetero) is 1. The van der Waals surface area contributed by atoms with Crippen LogP contribution in [0.1, 0.15) is 12.5 Å². The van der Waals surface area contributed by atoms with Gasteiger partial charge in [0.05, 0.1) is 12.5 Å². The summed E-state index contributed by atoms with van der Waals surface area (Å²) in [5.41, 5.74) is 0.168. The largest absolute Gasteiger partial charge is 0.489 e. The number of carbonyl (C=O) groups excluding carboxylic acids is 1. The fraction of sp³-hybridized carbons (Fsp3) is 0.364. The minimum atomic E-state index is -0.576. The number of ketones is 1. The Morgan fingerprint density at radius 1 is 1.40 bits per heavy atom. The van der Waals surface area contributed by atoms with Crippen molar-refractivity contribution in [3.05, 3.63) is 29.3 Å². The van der Waals surface area contributed by atoms with Gasteiger partial charge in [0.1, 0.15) is 11.6 Å². The molecule has 0 fully saturated rings. The fourth-order valence-electron chi connectivity index (χ4n) is 1.67. The van der Waals surface area contributed by atoms with Gasteiger partial charge in [-0.2, -0.15) is 0 Å². The van der Waals surface area contributed by atoms with Crippen LogP contribution in [0.15, 0.2) is 12.1 Å². The quantitative estimate of drug-likeness (QED) is 0.712. The predicted molar refractivity (Wildman–Crippen MR) is 49.7 cm³/mol. The van der Waals surface area contributed by atoms with Crippen molar-refractivity contribution in [2.45, 2.75) is 13.3 Å². The highest BCUT2D eigenvalue weighted by Crippen LogP contribution is 2.32. The van der Waals surface area contributed by atoms with Gasteiger partial charge < -0.3 is 4.74 Å². The third-order valence-electron chi connectivity index (χ3n) is 2.61. The number of benzene rings is 1. The monoisotopic (exact) mass is 212 g/mol. The maximum absolute atomic E-state index is 13.3. The van der Waals surface area contributed by atoms with E-state index in [1.54, 1.807) is 0 Å². The highest BCUT2D eigenvalue weighted by molar-refractivity contribution is 5.79. The molecular formula is C11H10F2O2.